The highest BCUT2D eigenvalue weighted by Crippen LogP contribution is 2.35. The molecule has 0 radical (unpaired) electrons. The SMILES string of the molecule is Clc1ccc2nc3ccccc3c(-c3ccccc3)c2c1.O1O[SiH2][SiH]=[SiH]1. The first-order valence-electron chi connectivity index (χ1n) is 8.29. The van der Waals surface area contributed by atoms with Gasteiger partial charge in [0.05, 0.1) is 11.0 Å². The first-order valence-corrected chi connectivity index (χ1v) is 15.7. The van der Waals surface area contributed by atoms with E-state index in [4.69, 9.17) is 16.6 Å². The third-order valence-electron chi connectivity index (χ3n) is 4.09. The normalized spacial score (nSPS) is 13.6. The molecule has 1 aromatic heterocycles. The minimum atomic E-state index is -0.0586. The fraction of sp³-hybridized carbons (Fsp3) is 0. The highest BCUT2D eigenvalue weighted by atomic mass is 35.5. The fourth-order valence-corrected chi connectivity index (χ4v) is 8.25. The van der Waals surface area contributed by atoms with Crippen molar-refractivity contribution in [3.63, 3.8) is 0 Å². The second-order valence-electron chi connectivity index (χ2n) is 5.78. The van der Waals surface area contributed by atoms with Crippen LogP contribution in [0.15, 0.2) is 72.8 Å². The van der Waals surface area contributed by atoms with E-state index in [1.807, 2.05) is 36.4 Å². The molecule has 3 nitrogen and oxygen atoms in total. The van der Waals surface area contributed by atoms with Crippen LogP contribution in [0.3, 0.4) is 0 Å². The Morgan fingerprint density at radius 3 is 2.35 bits per heavy atom. The number of pyridine rings is 1. The zero-order valence-corrected chi connectivity index (χ0v) is 18.4. The van der Waals surface area contributed by atoms with E-state index in [9.17, 15) is 0 Å². The number of nitrogens with zero attached hydrogens (tertiary/aromatic N) is 1. The zero-order valence-electron chi connectivity index (χ0n) is 13.9. The molecule has 0 unspecified atom stereocenters. The van der Waals surface area contributed by atoms with Gasteiger partial charge < -0.3 is 4.58 Å². The van der Waals surface area contributed by atoms with E-state index >= 15 is 0 Å². The summed E-state index contributed by atoms with van der Waals surface area (Å²) in [5, 5.41) is 2.97. The Kier molecular flexibility index (Phi) is 5.47. The Bertz CT molecular complexity index is 1080. The van der Waals surface area contributed by atoms with Crippen LogP contribution in [-0.4, -0.2) is 31.3 Å². The Balaban J connectivity index is 0.000000292. The average molecular weight is 410 g/mol. The van der Waals surface area contributed by atoms with Gasteiger partial charge in [0, 0.05) is 29.5 Å². The molecule has 0 fully saturated rings. The van der Waals surface area contributed by atoms with Crippen LogP contribution < -0.4 is 0 Å². The molecule has 0 spiro atoms. The number of hydrogen-bond acceptors (Lipinski definition) is 3. The van der Waals surface area contributed by atoms with Gasteiger partial charge in [-0.1, -0.05) is 60.1 Å². The van der Waals surface area contributed by atoms with E-state index in [1.165, 1.54) is 11.1 Å². The number of hydrogen-bond donors (Lipinski definition) is 0. The Labute approximate surface area is 162 Å². The van der Waals surface area contributed by atoms with Crippen molar-refractivity contribution in [3.05, 3.63) is 77.8 Å². The molecular weight excluding hydrogens is 394 g/mol. The number of fused-ring (bicyclic) bond motifs is 2. The van der Waals surface area contributed by atoms with Crippen LogP contribution in [0.2, 0.25) is 5.02 Å². The lowest BCUT2D eigenvalue weighted by Gasteiger charge is -2.11. The number of para-hydroxylation sites is 1. The monoisotopic (exact) mass is 409 g/mol. The molecule has 4 aromatic rings. The number of aromatic nitrogens is 1. The highest BCUT2D eigenvalue weighted by molar-refractivity contribution is 7.08. The zero-order chi connectivity index (χ0) is 17.8. The van der Waals surface area contributed by atoms with Gasteiger partial charge >= 0.3 is 0 Å². The molecule has 0 saturated carbocycles. The van der Waals surface area contributed by atoms with Crippen LogP contribution in [0.1, 0.15) is 0 Å². The van der Waals surface area contributed by atoms with Crippen LogP contribution in [-0.2, 0) is 9.15 Å². The number of halogens is 1. The molecule has 0 saturated heterocycles. The maximum atomic E-state index is 6.20. The summed E-state index contributed by atoms with van der Waals surface area (Å²) in [7, 11) is 0.994. The first kappa shape index (κ1) is 17.4. The Hall–Kier alpha value is -1.97. The van der Waals surface area contributed by atoms with E-state index in [1.54, 1.807) is 0 Å². The second kappa shape index (κ2) is 8.15. The molecule has 2 heterocycles. The van der Waals surface area contributed by atoms with Gasteiger partial charge in [0.25, 0.3) is 0 Å². The van der Waals surface area contributed by atoms with Crippen molar-refractivity contribution in [2.24, 2.45) is 0 Å². The van der Waals surface area contributed by atoms with Crippen LogP contribution in [0.25, 0.3) is 32.9 Å². The van der Waals surface area contributed by atoms with E-state index in [-0.39, 0.29) is 9.28 Å². The van der Waals surface area contributed by atoms with Gasteiger partial charge in [-0.05, 0) is 29.8 Å². The minimum absolute atomic E-state index is 0.0586. The van der Waals surface area contributed by atoms with Crippen LogP contribution in [0.5, 0.6) is 0 Å². The van der Waals surface area contributed by atoms with E-state index in [2.05, 4.69) is 45.6 Å². The largest absolute Gasteiger partial charge is 0.432 e. The summed E-state index contributed by atoms with van der Waals surface area (Å²) in [4.78, 5) is 4.75. The lowest BCUT2D eigenvalue weighted by atomic mass is 9.96. The van der Waals surface area contributed by atoms with Gasteiger partial charge in [-0.3, -0.25) is 4.58 Å². The van der Waals surface area contributed by atoms with Gasteiger partial charge in [-0.25, -0.2) is 4.98 Å². The number of rotatable bonds is 1. The third-order valence-corrected chi connectivity index (χ3v) is 10.9. The highest BCUT2D eigenvalue weighted by Gasteiger charge is 2.10. The van der Waals surface area contributed by atoms with Gasteiger partial charge in [0.2, 0.25) is 18.1 Å². The molecule has 1 aliphatic rings. The predicted molar refractivity (Wildman–Crippen MR) is 115 cm³/mol. The van der Waals surface area contributed by atoms with Crippen LogP contribution in [0, 0.1) is 0 Å². The lowest BCUT2D eigenvalue weighted by Crippen LogP contribution is -1.88. The van der Waals surface area contributed by atoms with Crippen molar-refractivity contribution >= 4 is 59.7 Å². The van der Waals surface area contributed by atoms with Crippen molar-refractivity contribution in [2.75, 3.05) is 0 Å². The minimum Gasteiger partial charge on any atom is -0.432 e. The molecule has 7 heteroatoms. The third kappa shape index (κ3) is 3.74. The maximum Gasteiger partial charge on any atom is 0.236 e. The van der Waals surface area contributed by atoms with Crippen molar-refractivity contribution in [2.45, 2.75) is 0 Å². The molecule has 0 bridgehead atoms. The summed E-state index contributed by atoms with van der Waals surface area (Å²) in [5.41, 5.74) is 4.35. The summed E-state index contributed by atoms with van der Waals surface area (Å²) >= 11 is 6.20. The van der Waals surface area contributed by atoms with Crippen LogP contribution >= 0.6 is 11.6 Å². The average Bonchev–Trinajstić information content (AvgIpc) is 3.27. The summed E-state index contributed by atoms with van der Waals surface area (Å²) in [6.07, 6.45) is 0. The molecule has 0 atom stereocenters. The van der Waals surface area contributed by atoms with E-state index < -0.39 is 0 Å². The van der Waals surface area contributed by atoms with Gasteiger partial charge in [-0.15, -0.1) is 0 Å². The van der Waals surface area contributed by atoms with Gasteiger partial charge in [0.15, 0.2) is 0 Å². The fourth-order valence-electron chi connectivity index (χ4n) is 2.98. The molecule has 128 valence electrons. The van der Waals surface area contributed by atoms with E-state index in [0.717, 1.165) is 26.8 Å². The number of benzene rings is 3. The van der Waals surface area contributed by atoms with E-state index in [0.29, 0.717) is 17.0 Å². The smallest absolute Gasteiger partial charge is 0.236 e. The van der Waals surface area contributed by atoms with Gasteiger partial charge in [0.1, 0.15) is 0 Å². The maximum absolute atomic E-state index is 6.20. The predicted octanol–water partition coefficient (Wildman–Crippen LogP) is 3.36. The molecule has 26 heavy (non-hydrogen) atoms. The summed E-state index contributed by atoms with van der Waals surface area (Å²) in [6.45, 7) is 0. The summed E-state index contributed by atoms with van der Waals surface area (Å²) < 4.78 is 9.28. The van der Waals surface area contributed by atoms with Crippen molar-refractivity contribution in [1.29, 1.82) is 0 Å². The molecule has 5 rings (SSSR count). The second-order valence-corrected chi connectivity index (χ2v) is 15.2. The molecule has 0 amide bonds. The first-order chi connectivity index (χ1) is 12.8. The van der Waals surface area contributed by atoms with Crippen molar-refractivity contribution in [1.82, 2.24) is 4.98 Å². The summed E-state index contributed by atoms with van der Waals surface area (Å²) in [6, 6.07) is 24.5. The Morgan fingerprint density at radius 1 is 0.846 bits per heavy atom. The molecule has 3 aromatic carbocycles. The summed E-state index contributed by atoms with van der Waals surface area (Å²) in [5.74, 6) is 0. The van der Waals surface area contributed by atoms with Crippen molar-refractivity contribution in [3.8, 4) is 11.1 Å². The molecule has 0 aliphatic carbocycles. The quantitative estimate of drug-likeness (QED) is 0.274. The topological polar surface area (TPSA) is 31.4 Å². The molecular formula is C19H16ClNO2Si3. The van der Waals surface area contributed by atoms with Gasteiger partial charge in [-0.2, -0.15) is 0 Å². The lowest BCUT2D eigenvalue weighted by molar-refractivity contribution is -0.0861. The van der Waals surface area contributed by atoms with Crippen LogP contribution in [0.4, 0.5) is 0 Å². The molecule has 0 N–H and O–H groups in total. The van der Waals surface area contributed by atoms with Crippen molar-refractivity contribution < 1.29 is 9.15 Å². The standard InChI is InChI=1S/C19H12ClN.H4O2Si3/c20-14-10-11-18-16(12-14)19(13-6-2-1-3-7-13)15-8-4-5-9-17(15)21-18;1-2-4-5-3-1/h1-12H;3,5H,4H2. The molecule has 1 aliphatic heterocycles. The Morgan fingerprint density at radius 2 is 1.62 bits per heavy atom.